The summed E-state index contributed by atoms with van der Waals surface area (Å²) in [7, 11) is -1.10. The van der Waals surface area contributed by atoms with Gasteiger partial charge in [-0.3, -0.25) is 4.79 Å². The van der Waals surface area contributed by atoms with Crippen LogP contribution in [-0.4, -0.2) is 41.2 Å². The normalized spacial score (nSPS) is 11.3. The molecule has 10 heteroatoms. The Morgan fingerprint density at radius 2 is 1.81 bits per heavy atom. The summed E-state index contributed by atoms with van der Waals surface area (Å²) < 4.78 is 32.2. The summed E-state index contributed by atoms with van der Waals surface area (Å²) in [6.45, 7) is 4.97. The van der Waals surface area contributed by atoms with Crippen LogP contribution in [0.2, 0.25) is 0 Å². The predicted molar refractivity (Wildman–Crippen MR) is 120 cm³/mol. The van der Waals surface area contributed by atoms with E-state index in [-0.39, 0.29) is 35.3 Å². The van der Waals surface area contributed by atoms with E-state index in [9.17, 15) is 13.8 Å². The Morgan fingerprint density at radius 3 is 2.39 bits per heavy atom. The van der Waals surface area contributed by atoms with Crippen LogP contribution in [0.3, 0.4) is 0 Å². The average molecular weight is 443 g/mol. The highest BCUT2D eigenvalue weighted by molar-refractivity contribution is 7.70. The number of methoxy groups -OCH3 is 1. The molecular weight excluding hydrogens is 420 g/mol. The summed E-state index contributed by atoms with van der Waals surface area (Å²) in [4.78, 5) is 24.8. The summed E-state index contributed by atoms with van der Waals surface area (Å²) >= 11 is 0. The van der Waals surface area contributed by atoms with Crippen molar-refractivity contribution in [2.75, 3.05) is 31.5 Å². The number of carbonyl (C=O) groups is 1. The topological polar surface area (TPSA) is 120 Å². The Bertz CT molecular complexity index is 1180. The van der Waals surface area contributed by atoms with Gasteiger partial charge in [-0.05, 0) is 19.4 Å². The second-order valence-corrected chi connectivity index (χ2v) is 10.4. The standard InChI is InChI=1S/C21H23FN5O3P/c1-5-18(28)15-11-24-19(23)8-16(15)27-17-7-12(22)6-14(20(17)30-2)21-25-9-13(10-26-21)31(3,4)29/h6-11H,5H2,1-4H3,(H3,23,24,27). The minimum absolute atomic E-state index is 0.145. The molecule has 0 bridgehead atoms. The number of rotatable bonds is 7. The monoisotopic (exact) mass is 443 g/mol. The van der Waals surface area contributed by atoms with Gasteiger partial charge in [0.1, 0.15) is 18.8 Å². The first-order valence-electron chi connectivity index (χ1n) is 9.45. The van der Waals surface area contributed by atoms with Crippen molar-refractivity contribution in [1.82, 2.24) is 15.0 Å². The van der Waals surface area contributed by atoms with Gasteiger partial charge in [-0.1, -0.05) is 6.92 Å². The van der Waals surface area contributed by atoms with Crippen LogP contribution < -0.4 is 21.1 Å². The van der Waals surface area contributed by atoms with Crippen LogP contribution in [0, 0.1) is 5.82 Å². The van der Waals surface area contributed by atoms with Gasteiger partial charge < -0.3 is 20.4 Å². The molecule has 3 rings (SSSR count). The van der Waals surface area contributed by atoms with E-state index in [0.29, 0.717) is 22.1 Å². The fourth-order valence-electron chi connectivity index (χ4n) is 2.94. The molecule has 0 aliphatic heterocycles. The van der Waals surface area contributed by atoms with Crippen molar-refractivity contribution in [3.63, 3.8) is 0 Å². The van der Waals surface area contributed by atoms with E-state index in [2.05, 4.69) is 20.3 Å². The molecule has 2 heterocycles. The van der Waals surface area contributed by atoms with Crippen LogP contribution in [0.25, 0.3) is 11.4 Å². The lowest BCUT2D eigenvalue weighted by Crippen LogP contribution is -2.08. The summed E-state index contributed by atoms with van der Waals surface area (Å²) in [5.74, 6) is -0.0272. The van der Waals surface area contributed by atoms with Gasteiger partial charge in [0.2, 0.25) is 0 Å². The van der Waals surface area contributed by atoms with E-state index in [4.69, 9.17) is 10.5 Å². The van der Waals surface area contributed by atoms with Crippen molar-refractivity contribution in [3.05, 3.63) is 48.2 Å². The molecule has 0 aliphatic carbocycles. The number of benzene rings is 1. The summed E-state index contributed by atoms with van der Waals surface area (Å²) in [5.41, 5.74) is 7.04. The molecule has 2 aromatic heterocycles. The second kappa shape index (κ2) is 8.81. The highest BCUT2D eigenvalue weighted by Crippen LogP contribution is 2.39. The molecule has 0 unspecified atom stereocenters. The van der Waals surface area contributed by atoms with Crippen LogP contribution in [0.5, 0.6) is 5.75 Å². The zero-order valence-corrected chi connectivity index (χ0v) is 18.5. The SMILES string of the molecule is CCC(=O)c1cnc(N)cc1Nc1cc(F)cc(-c2ncc(P(C)(C)=O)cn2)c1OC. The first-order chi connectivity index (χ1) is 14.6. The number of hydrogen-bond donors (Lipinski definition) is 2. The Hall–Kier alpha value is -3.32. The number of aromatic nitrogens is 3. The van der Waals surface area contributed by atoms with Crippen LogP contribution in [0.1, 0.15) is 23.7 Å². The maximum absolute atomic E-state index is 14.5. The van der Waals surface area contributed by atoms with E-state index in [1.807, 2.05) is 0 Å². The molecule has 0 fully saturated rings. The number of Topliss-reactive ketones (excluding diaryl/α,β-unsaturated/α-hetero) is 1. The number of nitrogen functional groups attached to an aromatic ring is 1. The fourth-order valence-corrected chi connectivity index (χ4v) is 3.62. The van der Waals surface area contributed by atoms with Crippen molar-refractivity contribution in [3.8, 4) is 17.1 Å². The highest BCUT2D eigenvalue weighted by atomic mass is 31.2. The molecule has 0 aliphatic rings. The van der Waals surface area contributed by atoms with E-state index in [1.165, 1.54) is 43.9 Å². The minimum Gasteiger partial charge on any atom is -0.494 e. The number of nitrogens with two attached hydrogens (primary N) is 1. The number of ether oxygens (including phenoxy) is 1. The Morgan fingerprint density at radius 1 is 1.13 bits per heavy atom. The Labute approximate surface area is 179 Å². The zero-order valence-electron chi connectivity index (χ0n) is 17.6. The Kier molecular flexibility index (Phi) is 6.36. The van der Waals surface area contributed by atoms with E-state index in [1.54, 1.807) is 20.3 Å². The molecule has 8 nitrogen and oxygen atoms in total. The molecule has 0 saturated heterocycles. The number of nitrogens with zero attached hydrogens (tertiary/aromatic N) is 3. The molecule has 0 saturated carbocycles. The number of ketones is 1. The third-order valence-corrected chi connectivity index (χ3v) is 6.05. The molecule has 1 aromatic carbocycles. The predicted octanol–water partition coefficient (Wildman–Crippen LogP) is 3.85. The minimum atomic E-state index is -2.53. The van der Waals surface area contributed by atoms with Gasteiger partial charge >= 0.3 is 0 Å². The third-order valence-electron chi connectivity index (χ3n) is 4.57. The molecular formula is C21H23FN5O3P. The van der Waals surface area contributed by atoms with E-state index < -0.39 is 13.0 Å². The average Bonchev–Trinajstić information content (AvgIpc) is 2.72. The molecule has 0 radical (unpaired) electrons. The van der Waals surface area contributed by atoms with Crippen LogP contribution in [-0.2, 0) is 4.57 Å². The van der Waals surface area contributed by atoms with Crippen LogP contribution >= 0.6 is 7.14 Å². The largest absolute Gasteiger partial charge is 0.494 e. The number of nitrogens with one attached hydrogen (secondary N) is 1. The van der Waals surface area contributed by atoms with Crippen molar-refractivity contribution >= 4 is 35.4 Å². The number of carbonyl (C=O) groups excluding carboxylic acids is 1. The Balaban J connectivity index is 2.10. The molecule has 31 heavy (non-hydrogen) atoms. The molecule has 0 amide bonds. The molecule has 3 N–H and O–H groups in total. The molecule has 0 spiro atoms. The van der Waals surface area contributed by atoms with Crippen molar-refractivity contribution in [2.24, 2.45) is 0 Å². The zero-order chi connectivity index (χ0) is 22.8. The van der Waals surface area contributed by atoms with Gasteiger partial charge in [0.05, 0.1) is 29.6 Å². The summed E-state index contributed by atoms with van der Waals surface area (Å²) in [6.07, 6.45) is 4.57. The molecule has 162 valence electrons. The first-order valence-corrected chi connectivity index (χ1v) is 12.1. The lowest BCUT2D eigenvalue weighted by atomic mass is 10.1. The van der Waals surface area contributed by atoms with Crippen LogP contribution in [0.15, 0.2) is 36.8 Å². The fraction of sp³-hybridized carbons (Fsp3) is 0.238. The van der Waals surface area contributed by atoms with Crippen molar-refractivity contribution < 1.29 is 18.5 Å². The lowest BCUT2D eigenvalue weighted by molar-refractivity contribution is 0.0988. The van der Waals surface area contributed by atoms with Crippen LogP contribution in [0.4, 0.5) is 21.6 Å². The van der Waals surface area contributed by atoms with Gasteiger partial charge in [-0.2, -0.15) is 0 Å². The van der Waals surface area contributed by atoms with Crippen molar-refractivity contribution in [1.29, 1.82) is 0 Å². The highest BCUT2D eigenvalue weighted by Gasteiger charge is 2.20. The van der Waals surface area contributed by atoms with Gasteiger partial charge in [0, 0.05) is 42.4 Å². The summed E-state index contributed by atoms with van der Waals surface area (Å²) in [5, 5.41) is 3.54. The van der Waals surface area contributed by atoms with Gasteiger partial charge in [0.15, 0.2) is 17.4 Å². The number of hydrogen-bond acceptors (Lipinski definition) is 8. The quantitative estimate of drug-likeness (QED) is 0.417. The maximum atomic E-state index is 14.5. The second-order valence-electron chi connectivity index (χ2n) is 7.21. The number of halogens is 1. The van der Waals surface area contributed by atoms with E-state index >= 15 is 0 Å². The maximum Gasteiger partial charge on any atom is 0.166 e. The van der Waals surface area contributed by atoms with Gasteiger partial charge in [-0.25, -0.2) is 19.3 Å². The molecule has 0 atom stereocenters. The third kappa shape index (κ3) is 4.88. The lowest BCUT2D eigenvalue weighted by Gasteiger charge is -2.17. The van der Waals surface area contributed by atoms with Crippen molar-refractivity contribution in [2.45, 2.75) is 13.3 Å². The van der Waals surface area contributed by atoms with Gasteiger partial charge in [0.25, 0.3) is 0 Å². The number of pyridine rings is 1. The molecule has 3 aromatic rings. The van der Waals surface area contributed by atoms with Gasteiger partial charge in [-0.15, -0.1) is 0 Å². The smallest absolute Gasteiger partial charge is 0.166 e. The number of anilines is 3. The van der Waals surface area contributed by atoms with E-state index in [0.717, 1.165) is 0 Å². The summed E-state index contributed by atoms with van der Waals surface area (Å²) in [6, 6.07) is 3.98. The first kappa shape index (κ1) is 22.4.